The summed E-state index contributed by atoms with van der Waals surface area (Å²) in [6.07, 6.45) is -0.509. The Labute approximate surface area is 170 Å². The highest BCUT2D eigenvalue weighted by molar-refractivity contribution is 5.70. The van der Waals surface area contributed by atoms with Crippen molar-refractivity contribution in [3.63, 3.8) is 0 Å². The first-order valence-corrected chi connectivity index (χ1v) is 9.94. The molecule has 2 fully saturated rings. The zero-order valence-electron chi connectivity index (χ0n) is 15.9. The number of halogens is 3. The van der Waals surface area contributed by atoms with Crippen LogP contribution < -0.4 is 10.6 Å². The summed E-state index contributed by atoms with van der Waals surface area (Å²) < 4.78 is 40.0. The molecule has 10 heteroatoms. The van der Waals surface area contributed by atoms with Crippen molar-refractivity contribution < 1.29 is 23.1 Å². The van der Waals surface area contributed by atoms with Gasteiger partial charge >= 0.3 is 12.3 Å². The van der Waals surface area contributed by atoms with Gasteiger partial charge in [0.2, 0.25) is 5.95 Å². The highest BCUT2D eigenvalue weighted by Gasteiger charge is 2.46. The van der Waals surface area contributed by atoms with Gasteiger partial charge in [-0.2, -0.15) is 18.2 Å². The molecule has 3 heterocycles. The number of benzene rings is 1. The molecule has 0 unspecified atom stereocenters. The van der Waals surface area contributed by atoms with Crippen LogP contribution in [0.1, 0.15) is 60.9 Å². The maximum absolute atomic E-state index is 13.3. The molecule has 2 bridgehead atoms. The lowest BCUT2D eigenvalue weighted by Gasteiger charge is -2.28. The normalized spacial score (nSPS) is 22.6. The number of hydrogen-bond donors (Lipinski definition) is 3. The van der Waals surface area contributed by atoms with Gasteiger partial charge in [-0.15, -0.1) is 0 Å². The molecule has 158 valence electrons. The Kier molecular flexibility index (Phi) is 4.26. The van der Waals surface area contributed by atoms with E-state index in [4.69, 9.17) is 0 Å². The van der Waals surface area contributed by atoms with Crippen molar-refractivity contribution in [1.82, 2.24) is 14.9 Å². The molecular weight excluding hydrogens is 399 g/mol. The Morgan fingerprint density at radius 1 is 1.13 bits per heavy atom. The van der Waals surface area contributed by atoms with Crippen LogP contribution in [-0.2, 0) is 6.18 Å². The lowest BCUT2D eigenvalue weighted by molar-refractivity contribution is -0.137. The van der Waals surface area contributed by atoms with Crippen LogP contribution in [0.25, 0.3) is 0 Å². The minimum absolute atomic E-state index is 0.00797. The van der Waals surface area contributed by atoms with E-state index in [9.17, 15) is 23.1 Å². The number of hydrogen-bond acceptors (Lipinski definition) is 5. The predicted octanol–water partition coefficient (Wildman–Crippen LogP) is 5.07. The number of nitrogens with zero attached hydrogens (tertiary/aromatic N) is 3. The smallest absolute Gasteiger partial charge is 0.421 e. The van der Waals surface area contributed by atoms with Crippen LogP contribution in [0.5, 0.6) is 0 Å². The maximum Gasteiger partial charge on any atom is 0.421 e. The number of fused-ring (bicyclic) bond motifs is 5. The van der Waals surface area contributed by atoms with E-state index in [-0.39, 0.29) is 29.9 Å². The van der Waals surface area contributed by atoms with Gasteiger partial charge in [0.15, 0.2) is 0 Å². The molecule has 5 rings (SSSR count). The molecule has 1 saturated carbocycles. The van der Waals surface area contributed by atoms with Gasteiger partial charge < -0.3 is 15.7 Å². The molecule has 1 aromatic heterocycles. The molecule has 7 nitrogen and oxygen atoms in total. The lowest BCUT2D eigenvalue weighted by Crippen LogP contribution is -2.29. The second-order valence-electron chi connectivity index (χ2n) is 7.99. The summed E-state index contributed by atoms with van der Waals surface area (Å²) in [6, 6.07) is 5.17. The third kappa shape index (κ3) is 3.10. The van der Waals surface area contributed by atoms with Crippen LogP contribution in [0, 0.1) is 0 Å². The van der Waals surface area contributed by atoms with E-state index in [1.54, 1.807) is 6.07 Å². The van der Waals surface area contributed by atoms with Gasteiger partial charge in [0.25, 0.3) is 0 Å². The molecule has 1 saturated heterocycles. The lowest BCUT2D eigenvalue weighted by atomic mass is 9.91. The van der Waals surface area contributed by atoms with Crippen LogP contribution in [-0.4, -0.2) is 32.1 Å². The first-order valence-electron chi connectivity index (χ1n) is 9.94. The maximum atomic E-state index is 13.3. The number of carboxylic acid groups (broad SMARTS) is 1. The largest absolute Gasteiger partial charge is 0.465 e. The standard InChI is InChI=1S/C20H20F3N5O2/c21-20(22,23)14-9-24-18(27-17(14)25-10-2-1-3-10)26-11-4-5-12-13(8-11)16-7-6-15(12)28(16)19(29)30/h4-5,8-10,15-16H,1-3,6-7H2,(H,29,30)(H2,24,25,26,27)/t15-,16+/m1/s1. The first kappa shape index (κ1) is 19.0. The molecule has 1 aromatic carbocycles. The van der Waals surface area contributed by atoms with Gasteiger partial charge in [0.1, 0.15) is 11.4 Å². The summed E-state index contributed by atoms with van der Waals surface area (Å²) in [6.45, 7) is 0. The van der Waals surface area contributed by atoms with E-state index >= 15 is 0 Å². The fourth-order valence-electron chi connectivity index (χ4n) is 4.57. The molecule has 1 aliphatic carbocycles. The summed E-state index contributed by atoms with van der Waals surface area (Å²) in [5.41, 5.74) is 1.64. The van der Waals surface area contributed by atoms with Crippen molar-refractivity contribution in [3.05, 3.63) is 41.1 Å². The molecule has 3 N–H and O–H groups in total. The quantitative estimate of drug-likeness (QED) is 0.641. The SMILES string of the molecule is O=C(O)N1[C@@H]2CC[C@H]1c1cc(Nc3ncc(C(F)(F)F)c(NC4CCC4)n3)ccc12. The summed E-state index contributed by atoms with van der Waals surface area (Å²) >= 11 is 0. The Bertz CT molecular complexity index is 1010. The summed E-state index contributed by atoms with van der Waals surface area (Å²) in [5.74, 6) is -0.162. The molecule has 0 spiro atoms. The number of anilines is 3. The molecule has 2 aliphatic heterocycles. The van der Waals surface area contributed by atoms with Crippen LogP contribution in [0.4, 0.5) is 35.4 Å². The summed E-state index contributed by atoms with van der Waals surface area (Å²) in [5, 5.41) is 15.3. The van der Waals surface area contributed by atoms with Gasteiger partial charge in [-0.3, -0.25) is 4.90 Å². The minimum Gasteiger partial charge on any atom is -0.465 e. The zero-order valence-corrected chi connectivity index (χ0v) is 15.9. The van der Waals surface area contributed by atoms with E-state index in [1.165, 1.54) is 4.90 Å². The number of nitrogens with one attached hydrogen (secondary N) is 2. The van der Waals surface area contributed by atoms with E-state index in [1.807, 2.05) is 12.1 Å². The van der Waals surface area contributed by atoms with Crippen molar-refractivity contribution >= 4 is 23.5 Å². The number of rotatable bonds is 4. The van der Waals surface area contributed by atoms with Crippen molar-refractivity contribution in [2.45, 2.75) is 56.4 Å². The molecule has 2 aromatic rings. The molecule has 30 heavy (non-hydrogen) atoms. The van der Waals surface area contributed by atoms with Gasteiger partial charge in [0, 0.05) is 17.9 Å². The minimum atomic E-state index is -4.54. The number of alkyl halides is 3. The average Bonchev–Trinajstić information content (AvgIpc) is 3.21. The average molecular weight is 419 g/mol. The second kappa shape index (κ2) is 6.75. The predicted molar refractivity (Wildman–Crippen MR) is 103 cm³/mol. The van der Waals surface area contributed by atoms with Crippen molar-refractivity contribution in [3.8, 4) is 0 Å². The highest BCUT2D eigenvalue weighted by atomic mass is 19.4. The first-order chi connectivity index (χ1) is 14.3. The van der Waals surface area contributed by atoms with E-state index in [0.717, 1.165) is 49.4 Å². The molecule has 2 atom stereocenters. The number of carbonyl (C=O) groups is 1. The fraction of sp³-hybridized carbons (Fsp3) is 0.450. The molecule has 0 radical (unpaired) electrons. The Hall–Kier alpha value is -3.04. The van der Waals surface area contributed by atoms with Gasteiger partial charge in [-0.05, 0) is 55.4 Å². The van der Waals surface area contributed by atoms with Crippen molar-refractivity contribution in [2.75, 3.05) is 10.6 Å². The fourth-order valence-corrected chi connectivity index (χ4v) is 4.57. The summed E-state index contributed by atoms with van der Waals surface area (Å²) in [7, 11) is 0. The topological polar surface area (TPSA) is 90.4 Å². The van der Waals surface area contributed by atoms with E-state index in [0.29, 0.717) is 5.69 Å². The second-order valence-corrected chi connectivity index (χ2v) is 7.99. The molecular formula is C20H20F3N5O2. The zero-order chi connectivity index (χ0) is 21.0. The number of aromatic nitrogens is 2. The highest BCUT2D eigenvalue weighted by Crippen LogP contribution is 2.53. The van der Waals surface area contributed by atoms with E-state index in [2.05, 4.69) is 20.6 Å². The van der Waals surface area contributed by atoms with Gasteiger partial charge in [-0.25, -0.2) is 9.78 Å². The third-order valence-corrected chi connectivity index (χ3v) is 6.21. The van der Waals surface area contributed by atoms with Crippen LogP contribution in [0.2, 0.25) is 0 Å². The molecule has 1 amide bonds. The van der Waals surface area contributed by atoms with Crippen LogP contribution in [0.15, 0.2) is 24.4 Å². The number of amides is 1. The Morgan fingerprint density at radius 2 is 1.87 bits per heavy atom. The van der Waals surface area contributed by atoms with Crippen molar-refractivity contribution in [2.24, 2.45) is 0 Å². The monoisotopic (exact) mass is 419 g/mol. The Morgan fingerprint density at radius 3 is 2.50 bits per heavy atom. The van der Waals surface area contributed by atoms with Crippen molar-refractivity contribution in [1.29, 1.82) is 0 Å². The van der Waals surface area contributed by atoms with E-state index < -0.39 is 17.8 Å². The Balaban J connectivity index is 1.42. The third-order valence-electron chi connectivity index (χ3n) is 6.21. The van der Waals surface area contributed by atoms with Gasteiger partial charge in [0.05, 0.1) is 12.1 Å². The van der Waals surface area contributed by atoms with Crippen LogP contribution in [0.3, 0.4) is 0 Å². The van der Waals surface area contributed by atoms with Gasteiger partial charge in [-0.1, -0.05) is 6.07 Å². The van der Waals surface area contributed by atoms with Crippen LogP contribution >= 0.6 is 0 Å². The molecule has 3 aliphatic rings. The summed E-state index contributed by atoms with van der Waals surface area (Å²) in [4.78, 5) is 21.0.